The molecule has 118 valence electrons. The summed E-state index contributed by atoms with van der Waals surface area (Å²) in [7, 11) is 0. The van der Waals surface area contributed by atoms with Crippen LogP contribution in [0.25, 0.3) is 0 Å². The van der Waals surface area contributed by atoms with Gasteiger partial charge in [0.2, 0.25) is 0 Å². The summed E-state index contributed by atoms with van der Waals surface area (Å²) in [5.74, 6) is 0.772. The van der Waals surface area contributed by atoms with Crippen molar-refractivity contribution in [2.24, 2.45) is 17.1 Å². The van der Waals surface area contributed by atoms with Gasteiger partial charge in [-0.1, -0.05) is 50.0 Å². The Morgan fingerprint density at radius 2 is 1.71 bits per heavy atom. The van der Waals surface area contributed by atoms with Gasteiger partial charge < -0.3 is 5.73 Å². The van der Waals surface area contributed by atoms with Crippen molar-refractivity contribution in [3.05, 3.63) is 33.8 Å². The van der Waals surface area contributed by atoms with Crippen LogP contribution in [-0.2, 0) is 0 Å². The monoisotopic (exact) mass is 328 g/mol. The molecule has 0 spiro atoms. The third kappa shape index (κ3) is 3.92. The molecule has 0 aliphatic carbocycles. The van der Waals surface area contributed by atoms with Crippen molar-refractivity contribution in [1.82, 2.24) is 4.90 Å². The van der Waals surface area contributed by atoms with Crippen LogP contribution in [0.1, 0.15) is 45.2 Å². The van der Waals surface area contributed by atoms with Gasteiger partial charge in [0.25, 0.3) is 0 Å². The third-order valence-electron chi connectivity index (χ3n) is 4.75. The highest BCUT2D eigenvalue weighted by molar-refractivity contribution is 6.36. The minimum Gasteiger partial charge on any atom is -0.329 e. The van der Waals surface area contributed by atoms with Crippen molar-refractivity contribution in [3.63, 3.8) is 0 Å². The summed E-state index contributed by atoms with van der Waals surface area (Å²) in [6, 6.07) is 5.79. The molecular formula is C17H26Cl2N2. The fourth-order valence-electron chi connectivity index (χ4n) is 3.36. The van der Waals surface area contributed by atoms with Gasteiger partial charge in [0, 0.05) is 28.2 Å². The van der Waals surface area contributed by atoms with E-state index in [0.717, 1.165) is 34.6 Å². The number of hydrogen-bond acceptors (Lipinski definition) is 2. The molecule has 4 heteroatoms. The molecule has 2 rings (SSSR count). The summed E-state index contributed by atoms with van der Waals surface area (Å²) in [4.78, 5) is 2.44. The van der Waals surface area contributed by atoms with Gasteiger partial charge in [0.05, 0.1) is 0 Å². The van der Waals surface area contributed by atoms with Gasteiger partial charge in [-0.05, 0) is 49.4 Å². The molecule has 1 aromatic rings. The van der Waals surface area contributed by atoms with Crippen molar-refractivity contribution in [2.75, 3.05) is 19.6 Å². The fourth-order valence-corrected chi connectivity index (χ4v) is 4.01. The van der Waals surface area contributed by atoms with Gasteiger partial charge in [-0.2, -0.15) is 0 Å². The Labute approximate surface area is 138 Å². The molecule has 0 amide bonds. The predicted octanol–water partition coefficient (Wildman–Crippen LogP) is 4.75. The lowest BCUT2D eigenvalue weighted by Crippen LogP contribution is -2.42. The molecule has 1 aliphatic rings. The van der Waals surface area contributed by atoms with Crippen LogP contribution in [0.3, 0.4) is 0 Å². The van der Waals surface area contributed by atoms with Crippen LogP contribution in [0.4, 0.5) is 0 Å². The van der Waals surface area contributed by atoms with Crippen molar-refractivity contribution in [3.8, 4) is 0 Å². The fraction of sp³-hybridized carbons (Fsp3) is 0.647. The van der Waals surface area contributed by atoms with E-state index >= 15 is 0 Å². The first-order valence-corrected chi connectivity index (χ1v) is 8.48. The number of rotatable bonds is 3. The summed E-state index contributed by atoms with van der Waals surface area (Å²) in [6.07, 6.45) is 2.42. The topological polar surface area (TPSA) is 29.3 Å². The summed E-state index contributed by atoms with van der Waals surface area (Å²) >= 11 is 12.7. The zero-order valence-corrected chi connectivity index (χ0v) is 14.7. The molecule has 0 saturated carbocycles. The summed E-state index contributed by atoms with van der Waals surface area (Å²) in [6.45, 7) is 9.66. The van der Waals surface area contributed by atoms with E-state index in [0.29, 0.717) is 12.0 Å². The number of hydrogen-bond donors (Lipinski definition) is 1. The maximum absolute atomic E-state index is 6.36. The summed E-state index contributed by atoms with van der Waals surface area (Å²) in [5, 5.41) is 1.44. The third-order valence-corrected chi connectivity index (χ3v) is 5.41. The average Bonchev–Trinajstić information content (AvgIpc) is 2.42. The van der Waals surface area contributed by atoms with Crippen LogP contribution in [0.15, 0.2) is 18.2 Å². The predicted molar refractivity (Wildman–Crippen MR) is 92.0 cm³/mol. The Hall–Kier alpha value is -0.280. The van der Waals surface area contributed by atoms with Gasteiger partial charge in [0.1, 0.15) is 0 Å². The Balaban J connectivity index is 2.14. The van der Waals surface area contributed by atoms with Crippen LogP contribution in [-0.4, -0.2) is 24.5 Å². The molecule has 1 heterocycles. The first-order valence-electron chi connectivity index (χ1n) is 7.72. The lowest BCUT2D eigenvalue weighted by molar-refractivity contribution is 0.0847. The number of nitrogens with two attached hydrogens (primary N) is 1. The molecule has 1 fully saturated rings. The number of halogens is 2. The van der Waals surface area contributed by atoms with E-state index in [9.17, 15) is 0 Å². The van der Waals surface area contributed by atoms with Crippen molar-refractivity contribution in [2.45, 2.75) is 39.7 Å². The molecular weight excluding hydrogens is 303 g/mol. The number of nitrogens with zero attached hydrogens (tertiary/aromatic N) is 1. The summed E-state index contributed by atoms with van der Waals surface area (Å²) < 4.78 is 0. The zero-order chi connectivity index (χ0) is 15.6. The van der Waals surface area contributed by atoms with Crippen LogP contribution in [0.2, 0.25) is 10.0 Å². The molecule has 0 aromatic heterocycles. The first-order chi connectivity index (χ1) is 9.84. The molecule has 1 aliphatic heterocycles. The minimum atomic E-state index is 0.118. The lowest BCUT2D eigenvalue weighted by Gasteiger charge is -2.42. The Bertz CT molecular complexity index is 454. The number of benzene rings is 1. The second-order valence-corrected chi connectivity index (χ2v) is 7.88. The zero-order valence-electron chi connectivity index (χ0n) is 13.2. The quantitative estimate of drug-likeness (QED) is 0.867. The molecule has 1 saturated heterocycles. The number of piperidine rings is 1. The Morgan fingerprint density at radius 1 is 1.19 bits per heavy atom. The molecule has 21 heavy (non-hydrogen) atoms. The minimum absolute atomic E-state index is 0.118. The number of likely N-dealkylation sites (tertiary alicyclic amines) is 1. The highest BCUT2D eigenvalue weighted by atomic mass is 35.5. The smallest absolute Gasteiger partial charge is 0.0500 e. The van der Waals surface area contributed by atoms with Crippen LogP contribution in [0.5, 0.6) is 0 Å². The van der Waals surface area contributed by atoms with Crippen molar-refractivity contribution >= 4 is 23.2 Å². The largest absolute Gasteiger partial charge is 0.329 e. The van der Waals surface area contributed by atoms with Gasteiger partial charge in [-0.25, -0.2) is 0 Å². The molecule has 2 nitrogen and oxygen atoms in total. The maximum Gasteiger partial charge on any atom is 0.0500 e. The van der Waals surface area contributed by atoms with Gasteiger partial charge in [-0.3, -0.25) is 4.90 Å². The van der Waals surface area contributed by atoms with Gasteiger partial charge >= 0.3 is 0 Å². The molecule has 2 N–H and O–H groups in total. The van der Waals surface area contributed by atoms with E-state index in [1.54, 1.807) is 0 Å². The Kier molecular flexibility index (Phi) is 5.59. The molecule has 1 unspecified atom stereocenters. The van der Waals surface area contributed by atoms with E-state index in [-0.39, 0.29) is 6.04 Å². The second kappa shape index (κ2) is 6.87. The SMILES string of the molecule is CC(C)(C)C1CCN(C(CN)c2c(Cl)cccc2Cl)CC1. The second-order valence-electron chi connectivity index (χ2n) is 7.06. The van der Waals surface area contributed by atoms with Gasteiger partial charge in [0.15, 0.2) is 0 Å². The van der Waals surface area contributed by atoms with Crippen molar-refractivity contribution in [1.29, 1.82) is 0 Å². The van der Waals surface area contributed by atoms with E-state index in [1.165, 1.54) is 12.8 Å². The van der Waals surface area contributed by atoms with E-state index in [2.05, 4.69) is 25.7 Å². The maximum atomic E-state index is 6.36. The normalized spacial score (nSPS) is 19.7. The van der Waals surface area contributed by atoms with Crippen LogP contribution in [0, 0.1) is 11.3 Å². The van der Waals surface area contributed by atoms with Gasteiger partial charge in [-0.15, -0.1) is 0 Å². The van der Waals surface area contributed by atoms with E-state index < -0.39 is 0 Å². The first kappa shape index (κ1) is 17.1. The molecule has 0 radical (unpaired) electrons. The van der Waals surface area contributed by atoms with Crippen LogP contribution < -0.4 is 5.73 Å². The van der Waals surface area contributed by atoms with Crippen molar-refractivity contribution < 1.29 is 0 Å². The lowest BCUT2D eigenvalue weighted by atomic mass is 9.75. The Morgan fingerprint density at radius 3 is 2.14 bits per heavy atom. The molecule has 1 aromatic carbocycles. The standard InChI is InChI=1S/C17H26Cl2N2/c1-17(2,3)12-7-9-21(10-8-12)15(11-20)16-13(18)5-4-6-14(16)19/h4-6,12,15H,7-11,20H2,1-3H3. The molecule has 1 atom stereocenters. The molecule has 0 bridgehead atoms. The highest BCUT2D eigenvalue weighted by Crippen LogP contribution is 2.39. The summed E-state index contributed by atoms with van der Waals surface area (Å²) in [5.41, 5.74) is 7.40. The highest BCUT2D eigenvalue weighted by Gasteiger charge is 2.32. The van der Waals surface area contributed by atoms with Crippen LogP contribution >= 0.6 is 23.2 Å². The van der Waals surface area contributed by atoms with E-state index in [4.69, 9.17) is 28.9 Å². The van der Waals surface area contributed by atoms with E-state index in [1.807, 2.05) is 18.2 Å². The average molecular weight is 329 g/mol.